The van der Waals surface area contributed by atoms with E-state index in [1.165, 1.54) is 79.1 Å². The van der Waals surface area contributed by atoms with Gasteiger partial charge in [0.15, 0.2) is 6.20 Å². The third-order valence-corrected chi connectivity index (χ3v) is 10.9. The van der Waals surface area contributed by atoms with Crippen LogP contribution in [0.15, 0.2) is 60.8 Å². The maximum Gasteiger partial charge on any atom is 0.213 e. The van der Waals surface area contributed by atoms with E-state index in [1.807, 2.05) is 6.92 Å². The Bertz CT molecular complexity index is 1240. The minimum Gasteiger partial charge on any atom is -1.00 e. The average Bonchev–Trinajstić information content (AvgIpc) is 3.00. The van der Waals surface area contributed by atoms with Crippen molar-refractivity contribution in [2.45, 2.75) is 98.4 Å². The van der Waals surface area contributed by atoms with Crippen LogP contribution in [0.5, 0.6) is 0 Å². The van der Waals surface area contributed by atoms with Crippen LogP contribution < -0.4 is 26.4 Å². The molecular weight excluding hydrogens is 615 g/mol. The fourth-order valence-electron chi connectivity index (χ4n) is 5.76. The Morgan fingerprint density at radius 2 is 1.42 bits per heavy atom. The molecule has 1 unspecified atom stereocenters. The molecule has 0 aliphatic rings. The lowest BCUT2D eigenvalue weighted by molar-refractivity contribution is -0.671. The fourth-order valence-corrected chi connectivity index (χ4v) is 8.02. The van der Waals surface area contributed by atoms with Crippen LogP contribution in [-0.4, -0.2) is 32.0 Å². The predicted octanol–water partition coefficient (Wildman–Crippen LogP) is 7.38. The molecule has 43 heavy (non-hydrogen) atoms. The van der Waals surface area contributed by atoms with Gasteiger partial charge in [0, 0.05) is 49.7 Å². The van der Waals surface area contributed by atoms with Gasteiger partial charge in [0.25, 0.3) is 0 Å². The number of anilines is 1. The van der Waals surface area contributed by atoms with Crippen LogP contribution in [0.3, 0.4) is 0 Å². The third kappa shape index (κ3) is 12.5. The molecule has 0 amide bonds. The first-order valence-corrected chi connectivity index (χ1v) is 18.7. The van der Waals surface area contributed by atoms with Gasteiger partial charge in [0.1, 0.15) is 6.54 Å². The van der Waals surface area contributed by atoms with Crippen molar-refractivity contribution in [2.75, 3.05) is 36.9 Å². The maximum absolute atomic E-state index is 13.1. The quantitative estimate of drug-likeness (QED) is 0.0674. The van der Waals surface area contributed by atoms with Crippen molar-refractivity contribution in [2.24, 2.45) is 0 Å². The summed E-state index contributed by atoms with van der Waals surface area (Å²) in [5, 5.41) is 1.24. The van der Waals surface area contributed by atoms with Crippen LogP contribution in [0.2, 0.25) is 0 Å². The normalized spacial score (nSPS) is 12.8. The Kier molecular flexibility index (Phi) is 18.1. The number of hydrogen-bond acceptors (Lipinski definition) is 3. The van der Waals surface area contributed by atoms with E-state index in [0.29, 0.717) is 18.9 Å². The maximum atomic E-state index is 13.1. The molecule has 3 aromatic rings. The van der Waals surface area contributed by atoms with Gasteiger partial charge in [-0.2, -0.15) is 4.57 Å². The molecule has 0 saturated heterocycles. The summed E-state index contributed by atoms with van der Waals surface area (Å²) in [4.78, 5) is 2.60. The molecule has 0 aliphatic carbocycles. The number of nitrogens with zero attached hydrogens (tertiary/aromatic N) is 2. The molecule has 6 heteroatoms. The summed E-state index contributed by atoms with van der Waals surface area (Å²) in [6.07, 6.45) is 20.1. The van der Waals surface area contributed by atoms with Crippen LogP contribution in [0.1, 0.15) is 103 Å². The number of pyridine rings is 1. The number of halogens is 1. The van der Waals surface area contributed by atoms with E-state index in [2.05, 4.69) is 103 Å². The van der Waals surface area contributed by atoms with Crippen molar-refractivity contribution in [3.8, 4) is 0 Å². The first-order valence-electron chi connectivity index (χ1n) is 16.7. The highest BCUT2D eigenvalue weighted by molar-refractivity contribution is 7.58. The molecule has 1 aromatic heterocycles. The summed E-state index contributed by atoms with van der Waals surface area (Å²) in [6.45, 7) is 12.2. The van der Waals surface area contributed by atoms with Crippen molar-refractivity contribution in [3.63, 3.8) is 0 Å². The minimum absolute atomic E-state index is 0. The lowest BCUT2D eigenvalue weighted by Gasteiger charge is -2.25. The zero-order valence-electron chi connectivity index (χ0n) is 27.3. The number of benzene rings is 2. The van der Waals surface area contributed by atoms with E-state index in [1.54, 1.807) is 0 Å². The number of fused-ring (bicyclic) bond motifs is 1. The number of aryl methyl sites for hydroxylation is 1. The zero-order chi connectivity index (χ0) is 30.0. The molecule has 4 nitrogen and oxygen atoms in total. The number of unbranched alkanes of at least 4 members (excludes halogenated alkanes) is 6. The molecule has 0 spiro atoms. The predicted molar refractivity (Wildman–Crippen MR) is 184 cm³/mol. The van der Waals surface area contributed by atoms with E-state index in [4.69, 9.17) is 4.52 Å². The Morgan fingerprint density at radius 1 is 0.744 bits per heavy atom. The van der Waals surface area contributed by atoms with Crippen LogP contribution in [0.25, 0.3) is 23.1 Å². The smallest absolute Gasteiger partial charge is 0.213 e. The second-order valence-corrected chi connectivity index (χ2v) is 14.3. The molecule has 0 saturated carbocycles. The third-order valence-electron chi connectivity index (χ3n) is 8.06. The van der Waals surface area contributed by atoms with Crippen LogP contribution in [0.4, 0.5) is 5.69 Å². The fraction of sp³-hybridized carbons (Fsp3) is 0.541. The van der Waals surface area contributed by atoms with Crippen molar-refractivity contribution < 1.29 is 30.6 Å². The molecule has 238 valence electrons. The highest BCUT2D eigenvalue weighted by Crippen LogP contribution is 2.47. The Balaban J connectivity index is 0.00000645. The van der Waals surface area contributed by atoms with Crippen LogP contribution in [0, 0.1) is 0 Å². The second-order valence-electron chi connectivity index (χ2n) is 11.5. The molecular formula is C37H56BrN2O2P. The van der Waals surface area contributed by atoms with Crippen molar-refractivity contribution in [3.05, 3.63) is 71.9 Å². The Morgan fingerprint density at radius 3 is 2.05 bits per heavy atom. The summed E-state index contributed by atoms with van der Waals surface area (Å²) in [5.74, 6) is 0. The number of hydrogen-bond donors (Lipinski definition) is 0. The Labute approximate surface area is 273 Å². The molecule has 0 bridgehead atoms. The second kappa shape index (κ2) is 20.9. The van der Waals surface area contributed by atoms with E-state index in [0.717, 1.165) is 32.5 Å². The topological polar surface area (TPSA) is 33.4 Å². The van der Waals surface area contributed by atoms with Gasteiger partial charge in [-0.25, -0.2) is 0 Å². The number of aromatic nitrogens is 1. The number of para-hydroxylation sites is 1. The van der Waals surface area contributed by atoms with Gasteiger partial charge in [-0.1, -0.05) is 95.7 Å². The standard InChI is InChI=1S/C37H56N2O2P.BrH/c1-5-9-11-15-27-38(28-16-12-10-6-2)35-24-21-33(22-25-35)20-23-34-26-30-39(37-19-14-13-18-36(34)37)29-17-32-42(40,31-7-3)41-8-4;/h13-14,18-26,30H,5-12,15-17,27-29,31-32H2,1-4H3;1H/q+1;/p-1. The first kappa shape index (κ1) is 37.2. The first-order chi connectivity index (χ1) is 20.5. The van der Waals surface area contributed by atoms with Gasteiger partial charge in [-0.05, 0) is 55.5 Å². The molecule has 1 heterocycles. The summed E-state index contributed by atoms with van der Waals surface area (Å²) in [5.41, 5.74) is 4.99. The van der Waals surface area contributed by atoms with E-state index in [9.17, 15) is 4.57 Å². The average molecular weight is 672 g/mol. The lowest BCUT2D eigenvalue weighted by atomic mass is 10.1. The molecule has 0 radical (unpaired) electrons. The minimum atomic E-state index is -2.53. The molecule has 0 aliphatic heterocycles. The van der Waals surface area contributed by atoms with E-state index >= 15 is 0 Å². The van der Waals surface area contributed by atoms with E-state index in [-0.39, 0.29) is 17.0 Å². The van der Waals surface area contributed by atoms with Crippen molar-refractivity contribution >= 4 is 36.1 Å². The van der Waals surface area contributed by atoms with Crippen molar-refractivity contribution in [1.29, 1.82) is 0 Å². The molecule has 0 N–H and O–H groups in total. The van der Waals surface area contributed by atoms with Gasteiger partial charge in [-0.15, -0.1) is 0 Å². The van der Waals surface area contributed by atoms with Gasteiger partial charge in [0.2, 0.25) is 12.9 Å². The van der Waals surface area contributed by atoms with Gasteiger partial charge < -0.3 is 26.4 Å². The van der Waals surface area contributed by atoms with Crippen LogP contribution >= 0.6 is 7.37 Å². The highest BCUT2D eigenvalue weighted by Gasteiger charge is 2.22. The van der Waals surface area contributed by atoms with Gasteiger partial charge in [0.05, 0.1) is 12.0 Å². The van der Waals surface area contributed by atoms with Crippen molar-refractivity contribution in [1.82, 2.24) is 0 Å². The summed E-state index contributed by atoms with van der Waals surface area (Å²) in [7, 11) is -2.53. The van der Waals surface area contributed by atoms with E-state index < -0.39 is 7.37 Å². The Hall–Kier alpha value is -1.94. The monoisotopic (exact) mass is 670 g/mol. The van der Waals surface area contributed by atoms with Gasteiger partial charge in [-0.3, -0.25) is 4.57 Å². The summed E-state index contributed by atoms with van der Waals surface area (Å²) >= 11 is 0. The zero-order valence-corrected chi connectivity index (χ0v) is 29.8. The number of rotatable bonds is 21. The summed E-state index contributed by atoms with van der Waals surface area (Å²) < 4.78 is 21.1. The molecule has 1 atom stereocenters. The molecule has 0 fully saturated rings. The lowest BCUT2D eigenvalue weighted by Crippen LogP contribution is -3.00. The largest absolute Gasteiger partial charge is 1.00 e. The molecule has 2 aromatic carbocycles. The molecule has 3 rings (SSSR count). The SMILES string of the molecule is CCCCCCN(CCCCCC)c1ccc(C=Cc2cc[n+](CCCP(=O)(CCC)OCC)c3ccccc23)cc1.[Br-]. The van der Waals surface area contributed by atoms with Gasteiger partial charge >= 0.3 is 0 Å². The highest BCUT2D eigenvalue weighted by atomic mass is 79.9. The van der Waals surface area contributed by atoms with Crippen LogP contribution in [-0.2, 0) is 15.6 Å². The summed E-state index contributed by atoms with van der Waals surface area (Å²) in [6, 6.07) is 19.9.